The molecule has 28 heavy (non-hydrogen) atoms. The summed E-state index contributed by atoms with van der Waals surface area (Å²) in [5.41, 5.74) is 5.61. The van der Waals surface area contributed by atoms with Crippen molar-refractivity contribution in [1.82, 2.24) is 10.2 Å². The van der Waals surface area contributed by atoms with Gasteiger partial charge in [-0.15, -0.1) is 0 Å². The van der Waals surface area contributed by atoms with Crippen LogP contribution in [0.5, 0.6) is 0 Å². The van der Waals surface area contributed by atoms with Gasteiger partial charge in [0.2, 0.25) is 5.91 Å². The van der Waals surface area contributed by atoms with Crippen molar-refractivity contribution in [1.29, 1.82) is 0 Å². The third kappa shape index (κ3) is 14.4. The normalized spacial score (nSPS) is 23.9. The second-order valence-corrected chi connectivity index (χ2v) is 8.50. The summed E-state index contributed by atoms with van der Waals surface area (Å²) in [6, 6.07) is 0. The van der Waals surface area contributed by atoms with Crippen LogP contribution in [0.4, 0.5) is 0 Å². The number of aliphatic hydroxyl groups excluding tert-OH is 1. The molecule has 1 amide bonds. The van der Waals surface area contributed by atoms with E-state index in [0.717, 1.165) is 84.0 Å². The molecule has 0 bridgehead atoms. The summed E-state index contributed by atoms with van der Waals surface area (Å²) in [5, 5.41) is 13.6. The average Bonchev–Trinajstić information content (AvgIpc) is 2.69. The average molecular weight is 398 g/mol. The fourth-order valence-electron chi connectivity index (χ4n) is 3.98. The molecule has 5 nitrogen and oxygen atoms in total. The predicted molar refractivity (Wildman–Crippen MR) is 118 cm³/mol. The summed E-state index contributed by atoms with van der Waals surface area (Å²) >= 11 is 0. The van der Waals surface area contributed by atoms with E-state index >= 15 is 0 Å². The van der Waals surface area contributed by atoms with Crippen LogP contribution in [0.25, 0.3) is 0 Å². The lowest BCUT2D eigenvalue weighted by Gasteiger charge is -2.23. The Labute approximate surface area is 173 Å². The lowest BCUT2D eigenvalue weighted by atomic mass is 10.0. The highest BCUT2D eigenvalue weighted by Gasteiger charge is 2.12. The number of unbranched alkanes of at least 4 members (excludes halogenated alkanes) is 1. The SMILES string of the molecule is NCCCCN1CCCNCCCCCCC(O)CCCCCCCCC1=O. The maximum Gasteiger partial charge on any atom is 0.222 e. The van der Waals surface area contributed by atoms with Crippen LogP contribution in [0.3, 0.4) is 0 Å². The molecule has 0 aliphatic carbocycles. The Bertz CT molecular complexity index is 366. The molecule has 4 N–H and O–H groups in total. The van der Waals surface area contributed by atoms with Gasteiger partial charge in [-0.2, -0.15) is 0 Å². The minimum atomic E-state index is -0.102. The molecule has 0 aromatic rings. The highest BCUT2D eigenvalue weighted by atomic mass is 16.3. The van der Waals surface area contributed by atoms with Crippen molar-refractivity contribution in [2.24, 2.45) is 5.73 Å². The van der Waals surface area contributed by atoms with E-state index in [1.807, 2.05) is 0 Å². The maximum absolute atomic E-state index is 12.6. The van der Waals surface area contributed by atoms with Crippen LogP contribution in [0.15, 0.2) is 0 Å². The van der Waals surface area contributed by atoms with Gasteiger partial charge in [0.1, 0.15) is 0 Å². The van der Waals surface area contributed by atoms with Gasteiger partial charge < -0.3 is 21.1 Å². The Morgan fingerprint density at radius 3 is 2.18 bits per heavy atom. The zero-order valence-corrected chi connectivity index (χ0v) is 18.3. The molecule has 0 saturated carbocycles. The third-order valence-corrected chi connectivity index (χ3v) is 5.84. The molecule has 0 radical (unpaired) electrons. The minimum Gasteiger partial charge on any atom is -0.393 e. The first-order valence-electron chi connectivity index (χ1n) is 12.1. The standard InChI is InChI=1S/C23H47N3O2/c24-17-10-12-20-26-21-13-19-25-18-11-6-5-8-15-22(27)14-7-3-1-2-4-9-16-23(26)28/h22,25,27H,1-21,24H2. The Hall–Kier alpha value is -0.650. The first-order valence-corrected chi connectivity index (χ1v) is 12.1. The number of hydrogen-bond donors (Lipinski definition) is 3. The van der Waals surface area contributed by atoms with Crippen molar-refractivity contribution in [2.75, 3.05) is 32.7 Å². The summed E-state index contributed by atoms with van der Waals surface area (Å²) < 4.78 is 0. The Morgan fingerprint density at radius 1 is 0.857 bits per heavy atom. The topological polar surface area (TPSA) is 78.6 Å². The van der Waals surface area contributed by atoms with E-state index < -0.39 is 0 Å². The smallest absolute Gasteiger partial charge is 0.222 e. The van der Waals surface area contributed by atoms with Gasteiger partial charge in [0.15, 0.2) is 0 Å². The summed E-state index contributed by atoms with van der Waals surface area (Å²) in [4.78, 5) is 14.7. The summed E-state index contributed by atoms with van der Waals surface area (Å²) in [5.74, 6) is 0.325. The molecular formula is C23H47N3O2. The first kappa shape index (κ1) is 25.4. The number of carbonyl (C=O) groups is 1. The van der Waals surface area contributed by atoms with Gasteiger partial charge in [-0.05, 0) is 64.6 Å². The van der Waals surface area contributed by atoms with Crippen LogP contribution in [0, 0.1) is 0 Å². The third-order valence-electron chi connectivity index (χ3n) is 5.84. The van der Waals surface area contributed by atoms with Crippen molar-refractivity contribution in [3.05, 3.63) is 0 Å². The van der Waals surface area contributed by atoms with Gasteiger partial charge in [0.25, 0.3) is 0 Å². The van der Waals surface area contributed by atoms with Crippen LogP contribution < -0.4 is 11.1 Å². The summed E-state index contributed by atoms with van der Waals surface area (Å²) in [6.45, 7) is 4.48. The minimum absolute atomic E-state index is 0.102. The molecule has 166 valence electrons. The van der Waals surface area contributed by atoms with Crippen LogP contribution in [0.1, 0.15) is 103 Å². The number of carbonyl (C=O) groups excluding carboxylic acids is 1. The largest absolute Gasteiger partial charge is 0.393 e. The molecule has 1 atom stereocenters. The van der Waals surface area contributed by atoms with E-state index in [-0.39, 0.29) is 6.10 Å². The number of hydrogen-bond acceptors (Lipinski definition) is 4. The van der Waals surface area contributed by atoms with Gasteiger partial charge in [-0.1, -0.05) is 51.4 Å². The number of nitrogens with two attached hydrogens (primary N) is 1. The fourth-order valence-corrected chi connectivity index (χ4v) is 3.98. The van der Waals surface area contributed by atoms with E-state index in [0.29, 0.717) is 18.9 Å². The second-order valence-electron chi connectivity index (χ2n) is 8.50. The lowest BCUT2D eigenvalue weighted by molar-refractivity contribution is -0.131. The predicted octanol–water partition coefficient (Wildman–Crippen LogP) is 3.98. The second kappa shape index (κ2) is 18.4. The molecule has 1 aliphatic heterocycles. The molecule has 5 heteroatoms. The Kier molecular flexibility index (Phi) is 16.7. The number of amides is 1. The monoisotopic (exact) mass is 397 g/mol. The van der Waals surface area contributed by atoms with E-state index in [1.54, 1.807) is 0 Å². The van der Waals surface area contributed by atoms with Gasteiger partial charge in [0, 0.05) is 19.5 Å². The molecule has 1 aliphatic rings. The van der Waals surface area contributed by atoms with Crippen molar-refractivity contribution in [2.45, 2.75) is 109 Å². The van der Waals surface area contributed by atoms with Crippen molar-refractivity contribution in [3.8, 4) is 0 Å². The highest BCUT2D eigenvalue weighted by molar-refractivity contribution is 5.76. The summed E-state index contributed by atoms with van der Waals surface area (Å²) in [7, 11) is 0. The molecule has 1 fully saturated rings. The lowest BCUT2D eigenvalue weighted by Crippen LogP contribution is -2.34. The van der Waals surface area contributed by atoms with Crippen molar-refractivity contribution >= 4 is 5.91 Å². The number of aliphatic hydroxyl groups is 1. The number of rotatable bonds is 4. The van der Waals surface area contributed by atoms with E-state index in [9.17, 15) is 9.90 Å². The molecule has 0 aromatic carbocycles. The van der Waals surface area contributed by atoms with Gasteiger partial charge in [-0.3, -0.25) is 4.79 Å². The van der Waals surface area contributed by atoms with Gasteiger partial charge >= 0.3 is 0 Å². The van der Waals surface area contributed by atoms with Crippen LogP contribution in [-0.2, 0) is 4.79 Å². The zero-order chi connectivity index (χ0) is 20.3. The molecular weight excluding hydrogens is 350 g/mol. The zero-order valence-electron chi connectivity index (χ0n) is 18.3. The molecule has 0 aromatic heterocycles. The van der Waals surface area contributed by atoms with E-state index in [1.165, 1.54) is 38.5 Å². The van der Waals surface area contributed by atoms with Crippen LogP contribution in [0.2, 0.25) is 0 Å². The van der Waals surface area contributed by atoms with Gasteiger partial charge in [0.05, 0.1) is 6.10 Å². The maximum atomic E-state index is 12.6. The fraction of sp³-hybridized carbons (Fsp3) is 0.957. The van der Waals surface area contributed by atoms with Crippen molar-refractivity contribution < 1.29 is 9.90 Å². The number of nitrogens with zero attached hydrogens (tertiary/aromatic N) is 1. The highest BCUT2D eigenvalue weighted by Crippen LogP contribution is 2.14. The van der Waals surface area contributed by atoms with E-state index in [2.05, 4.69) is 10.2 Å². The van der Waals surface area contributed by atoms with Crippen LogP contribution in [-0.4, -0.2) is 54.7 Å². The van der Waals surface area contributed by atoms with Crippen molar-refractivity contribution in [3.63, 3.8) is 0 Å². The quantitative estimate of drug-likeness (QED) is 0.627. The molecule has 0 spiro atoms. The number of nitrogens with one attached hydrogen (secondary N) is 1. The molecule has 1 unspecified atom stereocenters. The Balaban J connectivity index is 2.37. The van der Waals surface area contributed by atoms with Crippen LogP contribution >= 0.6 is 0 Å². The molecule has 1 heterocycles. The van der Waals surface area contributed by atoms with E-state index in [4.69, 9.17) is 5.73 Å². The first-order chi connectivity index (χ1) is 13.7. The van der Waals surface area contributed by atoms with Gasteiger partial charge in [-0.25, -0.2) is 0 Å². The molecule has 1 saturated heterocycles. The molecule has 1 rings (SSSR count). The summed E-state index contributed by atoms with van der Waals surface area (Å²) in [6.07, 6.45) is 17.3. The Morgan fingerprint density at radius 2 is 1.46 bits per heavy atom.